The third-order valence-electron chi connectivity index (χ3n) is 4.27. The summed E-state index contributed by atoms with van der Waals surface area (Å²) in [5.74, 6) is 0.901. The van der Waals surface area contributed by atoms with Gasteiger partial charge >= 0.3 is 0 Å². The molecule has 0 aliphatic rings. The van der Waals surface area contributed by atoms with Crippen LogP contribution < -0.4 is 4.74 Å². The smallest absolute Gasteiger partial charge is 0.122 e. The standard InChI is InChI=1S/C22H18O/c1-16(23-20-11-3-2-4-12-20)21-13-7-10-19-14-17-8-5-6-9-18(17)15-22(19)21/h2-16H,1H3. The predicted molar refractivity (Wildman–Crippen MR) is 96.9 cm³/mol. The Morgan fingerprint density at radius 3 is 2.09 bits per heavy atom. The normalized spacial score (nSPS) is 12.4. The van der Waals surface area contributed by atoms with Gasteiger partial charge in [-0.1, -0.05) is 60.7 Å². The van der Waals surface area contributed by atoms with Crippen LogP contribution in [0, 0.1) is 0 Å². The van der Waals surface area contributed by atoms with E-state index in [1.165, 1.54) is 27.1 Å². The maximum absolute atomic E-state index is 6.12. The fourth-order valence-electron chi connectivity index (χ4n) is 3.11. The Labute approximate surface area is 136 Å². The molecule has 0 saturated carbocycles. The van der Waals surface area contributed by atoms with E-state index in [9.17, 15) is 0 Å². The Morgan fingerprint density at radius 2 is 1.30 bits per heavy atom. The van der Waals surface area contributed by atoms with Gasteiger partial charge in [-0.05, 0) is 58.3 Å². The van der Waals surface area contributed by atoms with Crippen molar-refractivity contribution in [1.29, 1.82) is 0 Å². The summed E-state index contributed by atoms with van der Waals surface area (Å²) >= 11 is 0. The van der Waals surface area contributed by atoms with Crippen molar-refractivity contribution in [3.05, 3.63) is 90.5 Å². The van der Waals surface area contributed by atoms with E-state index in [0.29, 0.717) is 0 Å². The summed E-state index contributed by atoms with van der Waals surface area (Å²) in [5.41, 5.74) is 1.22. The minimum absolute atomic E-state index is 0.00209. The Hall–Kier alpha value is -2.80. The third-order valence-corrected chi connectivity index (χ3v) is 4.27. The second-order valence-electron chi connectivity index (χ2n) is 5.84. The Morgan fingerprint density at radius 1 is 0.652 bits per heavy atom. The van der Waals surface area contributed by atoms with Gasteiger partial charge < -0.3 is 4.74 Å². The number of hydrogen-bond donors (Lipinski definition) is 0. The van der Waals surface area contributed by atoms with E-state index in [0.717, 1.165) is 5.75 Å². The predicted octanol–water partition coefficient (Wildman–Crippen LogP) is 6.13. The molecule has 0 aliphatic heterocycles. The average molecular weight is 298 g/mol. The highest BCUT2D eigenvalue weighted by atomic mass is 16.5. The van der Waals surface area contributed by atoms with E-state index in [1.54, 1.807) is 0 Å². The molecule has 112 valence electrons. The van der Waals surface area contributed by atoms with E-state index in [4.69, 9.17) is 4.74 Å². The SMILES string of the molecule is CC(Oc1ccccc1)c1cccc2cc3ccccc3cc12. The number of hydrogen-bond acceptors (Lipinski definition) is 1. The monoisotopic (exact) mass is 298 g/mol. The number of para-hydroxylation sites is 1. The summed E-state index contributed by atoms with van der Waals surface area (Å²) in [4.78, 5) is 0. The van der Waals surface area contributed by atoms with Crippen molar-refractivity contribution in [1.82, 2.24) is 0 Å². The molecule has 0 aromatic heterocycles. The molecule has 1 heteroatoms. The molecule has 0 fully saturated rings. The van der Waals surface area contributed by atoms with Crippen LogP contribution in [0.3, 0.4) is 0 Å². The molecular weight excluding hydrogens is 280 g/mol. The zero-order valence-corrected chi connectivity index (χ0v) is 13.1. The lowest BCUT2D eigenvalue weighted by atomic mass is 9.97. The van der Waals surface area contributed by atoms with E-state index in [1.807, 2.05) is 30.3 Å². The second kappa shape index (κ2) is 5.77. The van der Waals surface area contributed by atoms with Crippen LogP contribution in [0.5, 0.6) is 5.75 Å². The van der Waals surface area contributed by atoms with Crippen LogP contribution in [0.15, 0.2) is 84.9 Å². The van der Waals surface area contributed by atoms with Gasteiger partial charge in [0.05, 0.1) is 0 Å². The van der Waals surface area contributed by atoms with E-state index < -0.39 is 0 Å². The zero-order valence-electron chi connectivity index (χ0n) is 13.1. The van der Waals surface area contributed by atoms with Gasteiger partial charge in [0.25, 0.3) is 0 Å². The molecular formula is C22H18O. The molecule has 1 atom stereocenters. The van der Waals surface area contributed by atoms with E-state index >= 15 is 0 Å². The van der Waals surface area contributed by atoms with Crippen LogP contribution in [0.1, 0.15) is 18.6 Å². The minimum atomic E-state index is 0.00209. The highest BCUT2D eigenvalue weighted by molar-refractivity contribution is 5.99. The molecule has 0 saturated heterocycles. The summed E-state index contributed by atoms with van der Waals surface area (Å²) in [6.45, 7) is 2.11. The summed E-state index contributed by atoms with van der Waals surface area (Å²) in [6, 6.07) is 29.4. The molecule has 0 aliphatic carbocycles. The van der Waals surface area contributed by atoms with Crippen LogP contribution in [-0.4, -0.2) is 0 Å². The largest absolute Gasteiger partial charge is 0.486 e. The van der Waals surface area contributed by atoms with Crippen molar-refractivity contribution in [3.63, 3.8) is 0 Å². The van der Waals surface area contributed by atoms with E-state index in [2.05, 4.69) is 61.5 Å². The Bertz CT molecular complexity index is 957. The van der Waals surface area contributed by atoms with Gasteiger partial charge in [-0.3, -0.25) is 0 Å². The van der Waals surface area contributed by atoms with Crippen LogP contribution >= 0.6 is 0 Å². The fourth-order valence-corrected chi connectivity index (χ4v) is 3.11. The van der Waals surface area contributed by atoms with Gasteiger partial charge in [-0.2, -0.15) is 0 Å². The molecule has 0 spiro atoms. The van der Waals surface area contributed by atoms with Crippen molar-refractivity contribution in [2.45, 2.75) is 13.0 Å². The Balaban J connectivity index is 1.81. The molecule has 4 aromatic carbocycles. The average Bonchev–Trinajstić information content (AvgIpc) is 2.60. The maximum atomic E-state index is 6.12. The molecule has 1 nitrogen and oxygen atoms in total. The fraction of sp³-hybridized carbons (Fsp3) is 0.0909. The molecule has 0 N–H and O–H groups in total. The van der Waals surface area contributed by atoms with Gasteiger partial charge in [-0.25, -0.2) is 0 Å². The first-order valence-corrected chi connectivity index (χ1v) is 7.94. The number of fused-ring (bicyclic) bond motifs is 2. The summed E-state index contributed by atoms with van der Waals surface area (Å²) in [7, 11) is 0. The van der Waals surface area contributed by atoms with Crippen molar-refractivity contribution >= 4 is 21.5 Å². The maximum Gasteiger partial charge on any atom is 0.122 e. The quantitative estimate of drug-likeness (QED) is 0.413. The van der Waals surface area contributed by atoms with Crippen molar-refractivity contribution in [2.24, 2.45) is 0 Å². The summed E-state index contributed by atoms with van der Waals surface area (Å²) < 4.78 is 6.12. The van der Waals surface area contributed by atoms with Crippen molar-refractivity contribution in [2.75, 3.05) is 0 Å². The second-order valence-corrected chi connectivity index (χ2v) is 5.84. The van der Waals surface area contributed by atoms with Crippen LogP contribution in [0.4, 0.5) is 0 Å². The molecule has 4 aromatic rings. The van der Waals surface area contributed by atoms with Gasteiger partial charge in [0.1, 0.15) is 11.9 Å². The molecule has 0 amide bonds. The highest BCUT2D eigenvalue weighted by Crippen LogP contribution is 2.31. The van der Waals surface area contributed by atoms with Crippen LogP contribution in [0.25, 0.3) is 21.5 Å². The lowest BCUT2D eigenvalue weighted by Crippen LogP contribution is -2.03. The lowest BCUT2D eigenvalue weighted by molar-refractivity contribution is 0.228. The molecule has 0 radical (unpaired) electrons. The zero-order chi connectivity index (χ0) is 15.6. The molecule has 1 unspecified atom stereocenters. The van der Waals surface area contributed by atoms with Gasteiger partial charge in [0, 0.05) is 0 Å². The number of ether oxygens (including phenoxy) is 1. The van der Waals surface area contributed by atoms with Crippen molar-refractivity contribution in [3.8, 4) is 5.75 Å². The molecule has 0 heterocycles. The summed E-state index contributed by atoms with van der Waals surface area (Å²) in [6.07, 6.45) is 0.00209. The molecule has 0 bridgehead atoms. The first-order chi connectivity index (χ1) is 11.3. The first-order valence-electron chi connectivity index (χ1n) is 7.94. The van der Waals surface area contributed by atoms with Gasteiger partial charge in [0.15, 0.2) is 0 Å². The lowest BCUT2D eigenvalue weighted by Gasteiger charge is -2.17. The number of benzene rings is 4. The Kier molecular flexibility index (Phi) is 3.47. The molecule has 23 heavy (non-hydrogen) atoms. The minimum Gasteiger partial charge on any atom is -0.486 e. The van der Waals surface area contributed by atoms with Crippen molar-refractivity contribution < 1.29 is 4.74 Å². The van der Waals surface area contributed by atoms with Crippen LogP contribution in [0.2, 0.25) is 0 Å². The first kappa shape index (κ1) is 13.8. The van der Waals surface area contributed by atoms with Gasteiger partial charge in [-0.15, -0.1) is 0 Å². The number of rotatable bonds is 3. The topological polar surface area (TPSA) is 9.23 Å². The summed E-state index contributed by atoms with van der Waals surface area (Å²) in [5, 5.41) is 5.05. The molecule has 4 rings (SSSR count). The highest BCUT2D eigenvalue weighted by Gasteiger charge is 2.11. The van der Waals surface area contributed by atoms with Gasteiger partial charge in [0.2, 0.25) is 0 Å². The van der Waals surface area contributed by atoms with Crippen LogP contribution in [-0.2, 0) is 0 Å². The van der Waals surface area contributed by atoms with E-state index in [-0.39, 0.29) is 6.10 Å². The third kappa shape index (κ3) is 2.66.